The first-order valence-corrected chi connectivity index (χ1v) is 8.81. The van der Waals surface area contributed by atoms with Gasteiger partial charge in [0.1, 0.15) is 17.3 Å². The molecule has 1 aromatic rings. The standard InChI is InChI=1S/C18H25Cl2NO5/c1-17(2,3)25-15(23)13(21-16(24)26-18(4,5)6)14(22)12-10(19)8-7-9-11(12)20/h7-9,13-14,22H,1-6H3,(H,21,24)/t13-,14+/m0/s1. The summed E-state index contributed by atoms with van der Waals surface area (Å²) >= 11 is 12.2. The molecule has 0 radical (unpaired) electrons. The van der Waals surface area contributed by atoms with Crippen molar-refractivity contribution in [3.05, 3.63) is 33.8 Å². The molecule has 0 aliphatic rings. The number of hydrogen-bond acceptors (Lipinski definition) is 5. The molecule has 1 amide bonds. The Morgan fingerprint density at radius 1 is 1.00 bits per heavy atom. The van der Waals surface area contributed by atoms with Gasteiger partial charge in [-0.15, -0.1) is 0 Å². The predicted octanol–water partition coefficient (Wildman–Crippen LogP) is 4.26. The Morgan fingerprint density at radius 2 is 1.46 bits per heavy atom. The van der Waals surface area contributed by atoms with E-state index in [2.05, 4.69) is 5.32 Å². The van der Waals surface area contributed by atoms with Gasteiger partial charge in [-0.1, -0.05) is 29.3 Å². The van der Waals surface area contributed by atoms with Crippen LogP contribution in [0.3, 0.4) is 0 Å². The Hall–Kier alpha value is -1.50. The van der Waals surface area contributed by atoms with Gasteiger partial charge in [0.25, 0.3) is 0 Å². The number of nitrogens with one attached hydrogen (secondary N) is 1. The fraction of sp³-hybridized carbons (Fsp3) is 0.556. The molecule has 0 aliphatic heterocycles. The molecule has 0 aliphatic carbocycles. The monoisotopic (exact) mass is 405 g/mol. The van der Waals surface area contributed by atoms with Crippen LogP contribution in [0.2, 0.25) is 10.0 Å². The molecule has 0 aromatic heterocycles. The first kappa shape index (κ1) is 22.5. The van der Waals surface area contributed by atoms with Crippen molar-refractivity contribution in [3.63, 3.8) is 0 Å². The van der Waals surface area contributed by atoms with Gasteiger partial charge >= 0.3 is 12.1 Å². The van der Waals surface area contributed by atoms with E-state index in [9.17, 15) is 14.7 Å². The Labute approximate surface area is 163 Å². The summed E-state index contributed by atoms with van der Waals surface area (Å²) in [7, 11) is 0. The van der Waals surface area contributed by atoms with Gasteiger partial charge < -0.3 is 19.9 Å². The minimum absolute atomic E-state index is 0.114. The highest BCUT2D eigenvalue weighted by atomic mass is 35.5. The van der Waals surface area contributed by atoms with Crippen LogP contribution in [-0.2, 0) is 14.3 Å². The summed E-state index contributed by atoms with van der Waals surface area (Å²) in [6.45, 7) is 10.0. The van der Waals surface area contributed by atoms with Crippen molar-refractivity contribution in [2.24, 2.45) is 0 Å². The molecule has 0 saturated heterocycles. The average molecular weight is 406 g/mol. The molecule has 0 unspecified atom stereocenters. The fourth-order valence-electron chi connectivity index (χ4n) is 2.03. The van der Waals surface area contributed by atoms with Gasteiger partial charge in [0.2, 0.25) is 0 Å². The Balaban J connectivity index is 3.18. The van der Waals surface area contributed by atoms with Crippen LogP contribution in [0.5, 0.6) is 0 Å². The van der Waals surface area contributed by atoms with Crippen molar-refractivity contribution in [1.82, 2.24) is 5.32 Å². The molecule has 8 heteroatoms. The Morgan fingerprint density at radius 3 is 1.88 bits per heavy atom. The number of esters is 1. The maximum atomic E-state index is 12.6. The van der Waals surface area contributed by atoms with E-state index in [-0.39, 0.29) is 15.6 Å². The van der Waals surface area contributed by atoms with Crippen molar-refractivity contribution in [2.45, 2.75) is 64.9 Å². The normalized spacial score (nSPS) is 14.3. The summed E-state index contributed by atoms with van der Waals surface area (Å²) in [5.74, 6) is -0.841. The second-order valence-electron chi connectivity index (χ2n) is 7.74. The van der Waals surface area contributed by atoms with Crippen LogP contribution in [0.4, 0.5) is 4.79 Å². The van der Waals surface area contributed by atoms with Crippen molar-refractivity contribution in [3.8, 4) is 0 Å². The Bertz CT molecular complexity index is 644. The predicted molar refractivity (Wildman–Crippen MR) is 100 cm³/mol. The third kappa shape index (κ3) is 7.02. The quantitative estimate of drug-likeness (QED) is 0.730. The Kier molecular flexibility index (Phi) is 7.33. The van der Waals surface area contributed by atoms with E-state index in [1.807, 2.05) is 0 Å². The lowest BCUT2D eigenvalue weighted by Crippen LogP contribution is -2.49. The number of benzene rings is 1. The zero-order chi connectivity index (χ0) is 20.3. The summed E-state index contributed by atoms with van der Waals surface area (Å²) < 4.78 is 10.5. The van der Waals surface area contributed by atoms with Crippen LogP contribution in [0.15, 0.2) is 18.2 Å². The average Bonchev–Trinajstić information content (AvgIpc) is 2.40. The molecule has 2 atom stereocenters. The molecule has 0 spiro atoms. The first-order chi connectivity index (χ1) is 11.7. The molecule has 2 N–H and O–H groups in total. The highest BCUT2D eigenvalue weighted by molar-refractivity contribution is 6.36. The lowest BCUT2D eigenvalue weighted by atomic mass is 10.0. The molecule has 0 heterocycles. The number of hydrogen-bond donors (Lipinski definition) is 2. The minimum Gasteiger partial charge on any atom is -0.458 e. The topological polar surface area (TPSA) is 84.9 Å². The number of amides is 1. The molecule has 1 aromatic carbocycles. The van der Waals surface area contributed by atoms with Crippen molar-refractivity contribution >= 4 is 35.3 Å². The first-order valence-electron chi connectivity index (χ1n) is 8.05. The third-order valence-corrected chi connectivity index (χ3v) is 3.60. The molecular formula is C18H25Cl2NO5. The zero-order valence-electron chi connectivity index (χ0n) is 15.7. The molecule has 0 bridgehead atoms. The smallest absolute Gasteiger partial charge is 0.408 e. The van der Waals surface area contributed by atoms with Crippen LogP contribution in [0, 0.1) is 0 Å². The number of aliphatic hydroxyl groups excluding tert-OH is 1. The van der Waals surface area contributed by atoms with Crippen LogP contribution < -0.4 is 5.32 Å². The van der Waals surface area contributed by atoms with Crippen LogP contribution in [-0.4, -0.2) is 34.4 Å². The molecule has 26 heavy (non-hydrogen) atoms. The molecule has 1 rings (SSSR count). The number of alkyl carbamates (subject to hydrolysis) is 1. The van der Waals surface area contributed by atoms with E-state index in [1.54, 1.807) is 47.6 Å². The SMILES string of the molecule is CC(C)(C)OC(=O)N[C@H](C(=O)OC(C)(C)C)[C@H](O)c1c(Cl)cccc1Cl. The third-order valence-electron chi connectivity index (χ3n) is 2.94. The number of halogens is 2. The van der Waals surface area contributed by atoms with E-state index in [0.717, 1.165) is 0 Å². The van der Waals surface area contributed by atoms with Gasteiger partial charge in [0.15, 0.2) is 6.04 Å². The van der Waals surface area contributed by atoms with E-state index < -0.39 is 35.4 Å². The number of rotatable bonds is 4. The molecule has 0 fully saturated rings. The van der Waals surface area contributed by atoms with E-state index in [0.29, 0.717) is 0 Å². The fourth-order valence-corrected chi connectivity index (χ4v) is 2.65. The van der Waals surface area contributed by atoms with Crippen molar-refractivity contribution in [1.29, 1.82) is 0 Å². The lowest BCUT2D eigenvalue weighted by Gasteiger charge is -2.29. The minimum atomic E-state index is -1.53. The largest absolute Gasteiger partial charge is 0.458 e. The number of aliphatic hydroxyl groups is 1. The number of carbonyl (C=O) groups excluding carboxylic acids is 2. The second kappa shape index (κ2) is 8.46. The van der Waals surface area contributed by atoms with Crippen molar-refractivity contribution < 1.29 is 24.2 Å². The van der Waals surface area contributed by atoms with E-state index in [4.69, 9.17) is 32.7 Å². The van der Waals surface area contributed by atoms with Crippen LogP contribution in [0.1, 0.15) is 53.2 Å². The van der Waals surface area contributed by atoms with Crippen LogP contribution >= 0.6 is 23.2 Å². The highest BCUT2D eigenvalue weighted by Gasteiger charge is 2.36. The van der Waals surface area contributed by atoms with Gasteiger partial charge in [0, 0.05) is 15.6 Å². The van der Waals surface area contributed by atoms with Gasteiger partial charge in [-0.3, -0.25) is 0 Å². The summed E-state index contributed by atoms with van der Waals surface area (Å²) in [5, 5.41) is 13.4. The van der Waals surface area contributed by atoms with Gasteiger partial charge in [-0.2, -0.15) is 0 Å². The summed E-state index contributed by atoms with van der Waals surface area (Å²) in [6.07, 6.45) is -2.41. The van der Waals surface area contributed by atoms with Crippen molar-refractivity contribution in [2.75, 3.05) is 0 Å². The van der Waals surface area contributed by atoms with Gasteiger partial charge in [-0.25, -0.2) is 9.59 Å². The molecule has 146 valence electrons. The summed E-state index contributed by atoms with van der Waals surface area (Å²) in [4.78, 5) is 24.7. The zero-order valence-corrected chi connectivity index (χ0v) is 17.2. The van der Waals surface area contributed by atoms with E-state index in [1.165, 1.54) is 12.1 Å². The number of carbonyl (C=O) groups is 2. The highest BCUT2D eigenvalue weighted by Crippen LogP contribution is 2.32. The van der Waals surface area contributed by atoms with Crippen LogP contribution in [0.25, 0.3) is 0 Å². The maximum Gasteiger partial charge on any atom is 0.408 e. The summed E-state index contributed by atoms with van der Waals surface area (Å²) in [6, 6.07) is 3.18. The van der Waals surface area contributed by atoms with Gasteiger partial charge in [0.05, 0.1) is 0 Å². The maximum absolute atomic E-state index is 12.6. The lowest BCUT2D eigenvalue weighted by molar-refractivity contribution is -0.160. The van der Waals surface area contributed by atoms with E-state index >= 15 is 0 Å². The number of ether oxygens (including phenoxy) is 2. The molecule has 6 nitrogen and oxygen atoms in total. The summed E-state index contributed by atoms with van der Waals surface area (Å²) in [5.41, 5.74) is -1.49. The van der Waals surface area contributed by atoms with Gasteiger partial charge in [-0.05, 0) is 53.7 Å². The molecular weight excluding hydrogens is 381 g/mol. The molecule has 0 saturated carbocycles. The second-order valence-corrected chi connectivity index (χ2v) is 8.55.